The number of nitrogens with zero attached hydrogens (tertiary/aromatic N) is 2. The smallest absolute Gasteiger partial charge is 0.307 e. The Balaban J connectivity index is 1.99. The predicted octanol–water partition coefficient (Wildman–Crippen LogP) is 6.09. The summed E-state index contributed by atoms with van der Waals surface area (Å²) in [5.41, 5.74) is 13.2. The van der Waals surface area contributed by atoms with Gasteiger partial charge in [-0.1, -0.05) is 0 Å². The second-order valence-electron chi connectivity index (χ2n) is 10.1. The van der Waals surface area contributed by atoms with Gasteiger partial charge in [0.15, 0.2) is 0 Å². The van der Waals surface area contributed by atoms with E-state index < -0.39 is 11.9 Å². The third-order valence-corrected chi connectivity index (χ3v) is 7.83. The van der Waals surface area contributed by atoms with Gasteiger partial charge in [0.05, 0.1) is 35.6 Å². The van der Waals surface area contributed by atoms with E-state index in [9.17, 15) is 19.8 Å². The highest BCUT2D eigenvalue weighted by atomic mass is 16.4. The molecule has 3 aromatic heterocycles. The van der Waals surface area contributed by atoms with Crippen molar-refractivity contribution in [2.45, 2.75) is 54.4 Å². The van der Waals surface area contributed by atoms with Gasteiger partial charge in [0.2, 0.25) is 0 Å². The summed E-state index contributed by atoms with van der Waals surface area (Å²) in [6.07, 6.45) is -0.336. The van der Waals surface area contributed by atoms with Crippen LogP contribution in [0.3, 0.4) is 0 Å². The SMILES string of the molecule is CC1=C(C)c2cc3[nH]c(cc4[nH]c(cc5nc(cc1n2)C(C)=C5C)c(C)c4CC(=O)O)c(CC(=O)O)c3C. The molecule has 0 aliphatic carbocycles. The number of aromatic nitrogens is 4. The fraction of sp³-hybridized carbons (Fsp3) is 0.267. The van der Waals surface area contributed by atoms with Crippen molar-refractivity contribution in [3.8, 4) is 0 Å². The van der Waals surface area contributed by atoms with E-state index in [-0.39, 0.29) is 12.8 Å². The molecule has 0 saturated heterocycles. The summed E-state index contributed by atoms with van der Waals surface area (Å²) in [4.78, 5) is 40.1. The Hall–Kier alpha value is -4.46. The topological polar surface area (TPSA) is 132 Å². The standard InChI is InChI=1S/C30H30N4O4/c1-13-15(3)23-10-25-17(5)19(7-29(35)36)27(33-25)12-28-20(8-30(37)38)18(6)26(34-28)11-24-16(4)14(2)22(32-24)9-21(13)31-23/h9-12,33-34H,7-8H2,1-6H3,(H,35,36)(H,37,38). The van der Waals surface area contributed by atoms with Crippen LogP contribution in [0.2, 0.25) is 0 Å². The van der Waals surface area contributed by atoms with Gasteiger partial charge in [-0.25, -0.2) is 9.97 Å². The molecule has 38 heavy (non-hydrogen) atoms. The highest BCUT2D eigenvalue weighted by molar-refractivity contribution is 5.95. The Labute approximate surface area is 219 Å². The number of rotatable bonds is 4. The Kier molecular flexibility index (Phi) is 6.06. The van der Waals surface area contributed by atoms with Crippen molar-refractivity contribution in [1.82, 2.24) is 19.9 Å². The van der Waals surface area contributed by atoms with Crippen molar-refractivity contribution < 1.29 is 19.8 Å². The molecule has 0 fully saturated rings. The summed E-state index contributed by atoms with van der Waals surface area (Å²) < 4.78 is 0. The lowest BCUT2D eigenvalue weighted by molar-refractivity contribution is -0.137. The van der Waals surface area contributed by atoms with E-state index >= 15 is 0 Å². The van der Waals surface area contributed by atoms with Gasteiger partial charge < -0.3 is 20.2 Å². The normalized spacial score (nSPS) is 13.4. The van der Waals surface area contributed by atoms with Gasteiger partial charge in [-0.2, -0.15) is 0 Å². The number of carboxylic acids is 2. The summed E-state index contributed by atoms with van der Waals surface area (Å²) in [7, 11) is 0. The van der Waals surface area contributed by atoms with E-state index in [2.05, 4.69) is 9.97 Å². The first kappa shape index (κ1) is 25.2. The molecule has 0 atom stereocenters. The number of carboxylic acid groups (broad SMARTS) is 2. The quantitative estimate of drug-likeness (QED) is 0.336. The molecule has 0 saturated carbocycles. The van der Waals surface area contributed by atoms with Crippen LogP contribution in [0, 0.1) is 13.8 Å². The Morgan fingerprint density at radius 2 is 0.921 bits per heavy atom. The van der Waals surface area contributed by atoms with E-state index in [1.54, 1.807) is 0 Å². The van der Waals surface area contributed by atoms with E-state index in [1.807, 2.05) is 65.8 Å². The first-order valence-electron chi connectivity index (χ1n) is 12.5. The monoisotopic (exact) mass is 510 g/mol. The Morgan fingerprint density at radius 1 is 0.579 bits per heavy atom. The van der Waals surface area contributed by atoms with E-state index in [0.717, 1.165) is 67.2 Å². The third-order valence-electron chi connectivity index (χ3n) is 7.83. The van der Waals surface area contributed by atoms with Gasteiger partial charge in [-0.15, -0.1) is 0 Å². The van der Waals surface area contributed by atoms with Crippen LogP contribution in [-0.2, 0) is 22.4 Å². The van der Waals surface area contributed by atoms with Crippen molar-refractivity contribution >= 4 is 56.3 Å². The van der Waals surface area contributed by atoms with Gasteiger partial charge in [-0.3, -0.25) is 9.59 Å². The van der Waals surface area contributed by atoms with Gasteiger partial charge in [-0.05, 0) is 110 Å². The molecule has 5 rings (SSSR count). The fourth-order valence-electron chi connectivity index (χ4n) is 5.12. The van der Waals surface area contributed by atoms with Crippen LogP contribution in [0.4, 0.5) is 0 Å². The molecule has 0 unspecified atom stereocenters. The molecule has 0 aromatic carbocycles. The zero-order valence-electron chi connectivity index (χ0n) is 22.3. The van der Waals surface area contributed by atoms with Crippen LogP contribution in [0.1, 0.15) is 72.7 Å². The van der Waals surface area contributed by atoms with Crippen LogP contribution in [0.25, 0.3) is 44.4 Å². The van der Waals surface area contributed by atoms with Gasteiger partial charge in [0.25, 0.3) is 0 Å². The minimum absolute atomic E-state index is 0.168. The number of allylic oxidation sites excluding steroid dienone is 4. The number of hydrogen-bond donors (Lipinski definition) is 4. The van der Waals surface area contributed by atoms with Crippen molar-refractivity contribution in [3.63, 3.8) is 0 Å². The highest BCUT2D eigenvalue weighted by Crippen LogP contribution is 2.34. The van der Waals surface area contributed by atoms with Crippen molar-refractivity contribution in [3.05, 3.63) is 69.3 Å². The summed E-state index contributed by atoms with van der Waals surface area (Å²) in [6.45, 7) is 11.9. The molecule has 8 bridgehead atoms. The van der Waals surface area contributed by atoms with Crippen molar-refractivity contribution in [1.29, 1.82) is 0 Å². The lowest BCUT2D eigenvalue weighted by Gasteiger charge is -1.98. The molecule has 2 aliphatic rings. The molecule has 0 amide bonds. The number of fused-ring (bicyclic) bond motifs is 8. The number of nitrogens with one attached hydrogen (secondary N) is 2. The van der Waals surface area contributed by atoms with Crippen LogP contribution in [-0.4, -0.2) is 42.1 Å². The minimum atomic E-state index is -0.944. The molecule has 194 valence electrons. The highest BCUT2D eigenvalue weighted by Gasteiger charge is 2.19. The van der Waals surface area contributed by atoms with E-state index in [0.29, 0.717) is 22.2 Å². The molecule has 2 aliphatic heterocycles. The average molecular weight is 511 g/mol. The van der Waals surface area contributed by atoms with Gasteiger partial charge >= 0.3 is 11.9 Å². The number of aromatic amines is 2. The fourth-order valence-corrected chi connectivity index (χ4v) is 5.12. The molecular weight excluding hydrogens is 480 g/mol. The summed E-state index contributed by atoms with van der Waals surface area (Å²) >= 11 is 0. The molecule has 5 heterocycles. The first-order valence-corrected chi connectivity index (χ1v) is 12.5. The van der Waals surface area contributed by atoms with Crippen LogP contribution < -0.4 is 0 Å². The second kappa shape index (κ2) is 9.13. The predicted molar refractivity (Wildman–Crippen MR) is 149 cm³/mol. The molecule has 4 N–H and O–H groups in total. The summed E-state index contributed by atoms with van der Waals surface area (Å²) in [6, 6.07) is 7.71. The third kappa shape index (κ3) is 4.22. The lowest BCUT2D eigenvalue weighted by atomic mass is 10.0. The molecule has 0 radical (unpaired) electrons. The average Bonchev–Trinajstić information content (AvgIpc) is 3.47. The van der Waals surface area contributed by atoms with Crippen molar-refractivity contribution in [2.24, 2.45) is 0 Å². The van der Waals surface area contributed by atoms with E-state index in [4.69, 9.17) is 9.97 Å². The number of hydrogen-bond acceptors (Lipinski definition) is 4. The summed E-state index contributed by atoms with van der Waals surface area (Å²) in [5.74, 6) is -1.89. The zero-order valence-corrected chi connectivity index (χ0v) is 22.3. The molecular formula is C30H30N4O4. The second-order valence-corrected chi connectivity index (χ2v) is 10.1. The summed E-state index contributed by atoms with van der Waals surface area (Å²) in [5, 5.41) is 19.3. The first-order chi connectivity index (χ1) is 17.9. The van der Waals surface area contributed by atoms with Gasteiger partial charge in [0.1, 0.15) is 0 Å². The maximum atomic E-state index is 11.8. The van der Waals surface area contributed by atoms with Gasteiger partial charge in [0, 0.05) is 22.1 Å². The maximum absolute atomic E-state index is 11.8. The lowest BCUT2D eigenvalue weighted by Crippen LogP contribution is -2.01. The van der Waals surface area contributed by atoms with Crippen molar-refractivity contribution in [2.75, 3.05) is 0 Å². The number of aryl methyl sites for hydroxylation is 2. The van der Waals surface area contributed by atoms with Crippen LogP contribution in [0.5, 0.6) is 0 Å². The molecule has 3 aromatic rings. The molecule has 8 heteroatoms. The molecule has 8 nitrogen and oxygen atoms in total. The van der Waals surface area contributed by atoms with Crippen LogP contribution in [0.15, 0.2) is 24.3 Å². The Bertz CT molecular complexity index is 1660. The Morgan fingerprint density at radius 3 is 1.26 bits per heavy atom. The number of H-pyrrole nitrogens is 2. The largest absolute Gasteiger partial charge is 0.481 e. The van der Waals surface area contributed by atoms with Crippen LogP contribution >= 0.6 is 0 Å². The number of aliphatic carboxylic acids is 2. The maximum Gasteiger partial charge on any atom is 0.307 e. The molecule has 0 spiro atoms. The van der Waals surface area contributed by atoms with E-state index in [1.165, 1.54) is 0 Å². The minimum Gasteiger partial charge on any atom is -0.481 e. The number of carbonyl (C=O) groups is 2. The zero-order chi connectivity index (χ0) is 27.5.